The second kappa shape index (κ2) is 9.96. The van der Waals surface area contributed by atoms with Crippen molar-refractivity contribution in [2.45, 2.75) is 13.1 Å². The monoisotopic (exact) mass is 433 g/mol. The van der Waals surface area contributed by atoms with Crippen molar-refractivity contribution < 1.29 is 18.9 Å². The molecule has 7 heteroatoms. The third kappa shape index (κ3) is 4.72. The Morgan fingerprint density at radius 1 is 0.594 bits per heavy atom. The van der Waals surface area contributed by atoms with Gasteiger partial charge in [-0.1, -0.05) is 12.1 Å². The van der Waals surface area contributed by atoms with Gasteiger partial charge >= 0.3 is 0 Å². The maximum atomic E-state index is 8.73. The molecule has 7 nitrogen and oxygen atoms in total. The molecule has 1 heterocycles. The van der Waals surface area contributed by atoms with Crippen LogP contribution >= 0.6 is 0 Å². The largest absolute Gasteiger partial charge is 0.497 e. The zero-order valence-corrected chi connectivity index (χ0v) is 18.3. The minimum Gasteiger partial charge on any atom is -0.497 e. The molecule has 166 valence electrons. The van der Waals surface area contributed by atoms with Gasteiger partial charge in [-0.25, -0.2) is 0 Å². The van der Waals surface area contributed by atoms with Crippen molar-refractivity contribution in [2.75, 3.05) is 27.4 Å². The van der Waals surface area contributed by atoms with E-state index < -0.39 is 0 Å². The SMILES string of the molecule is COc1ccc(OCCn2c(=N)n(CCOc3ccc(OC)cc3)c3ccccc32)cc1. The summed E-state index contributed by atoms with van der Waals surface area (Å²) in [7, 11) is 3.28. The second-order valence-corrected chi connectivity index (χ2v) is 7.16. The number of para-hydroxylation sites is 2. The zero-order chi connectivity index (χ0) is 22.3. The van der Waals surface area contributed by atoms with Crippen LogP contribution in [0.25, 0.3) is 11.0 Å². The van der Waals surface area contributed by atoms with Gasteiger partial charge in [0, 0.05) is 0 Å². The van der Waals surface area contributed by atoms with E-state index in [-0.39, 0.29) is 0 Å². The molecule has 32 heavy (non-hydrogen) atoms. The van der Waals surface area contributed by atoms with Crippen LogP contribution in [-0.2, 0) is 13.1 Å². The summed E-state index contributed by atoms with van der Waals surface area (Å²) in [6, 6.07) is 23.0. The minimum absolute atomic E-state index is 0.419. The van der Waals surface area contributed by atoms with E-state index >= 15 is 0 Å². The fourth-order valence-electron chi connectivity index (χ4n) is 3.60. The van der Waals surface area contributed by atoms with E-state index in [1.165, 1.54) is 0 Å². The number of benzene rings is 3. The van der Waals surface area contributed by atoms with Crippen molar-refractivity contribution in [1.82, 2.24) is 9.13 Å². The van der Waals surface area contributed by atoms with Crippen LogP contribution in [0.2, 0.25) is 0 Å². The van der Waals surface area contributed by atoms with E-state index in [1.807, 2.05) is 81.9 Å². The molecule has 0 atom stereocenters. The molecule has 0 unspecified atom stereocenters. The maximum absolute atomic E-state index is 8.73. The second-order valence-electron chi connectivity index (χ2n) is 7.16. The summed E-state index contributed by atoms with van der Waals surface area (Å²) in [6.45, 7) is 2.05. The topological polar surface area (TPSA) is 70.6 Å². The number of ether oxygens (including phenoxy) is 4. The van der Waals surface area contributed by atoms with Gasteiger partial charge in [0.1, 0.15) is 36.2 Å². The molecule has 3 aromatic carbocycles. The van der Waals surface area contributed by atoms with Crippen LogP contribution in [-0.4, -0.2) is 36.6 Å². The van der Waals surface area contributed by atoms with E-state index in [0.717, 1.165) is 34.0 Å². The van der Waals surface area contributed by atoms with E-state index in [4.69, 9.17) is 24.4 Å². The fraction of sp³-hybridized carbons (Fsp3) is 0.240. The lowest BCUT2D eigenvalue weighted by molar-refractivity contribution is 0.287. The fourth-order valence-corrected chi connectivity index (χ4v) is 3.60. The van der Waals surface area contributed by atoms with Gasteiger partial charge in [0.2, 0.25) is 5.62 Å². The molecule has 0 aliphatic carbocycles. The lowest BCUT2D eigenvalue weighted by Crippen LogP contribution is -2.28. The first-order chi connectivity index (χ1) is 15.7. The van der Waals surface area contributed by atoms with Crippen LogP contribution in [0.1, 0.15) is 0 Å². The Morgan fingerprint density at radius 3 is 1.34 bits per heavy atom. The first kappa shape index (κ1) is 21.4. The van der Waals surface area contributed by atoms with Crippen molar-refractivity contribution in [2.24, 2.45) is 0 Å². The number of methoxy groups -OCH3 is 2. The molecule has 1 aromatic heterocycles. The summed E-state index contributed by atoms with van der Waals surface area (Å²) >= 11 is 0. The average molecular weight is 434 g/mol. The molecule has 4 aromatic rings. The summed E-state index contributed by atoms with van der Waals surface area (Å²) < 4.78 is 26.0. The number of fused-ring (bicyclic) bond motifs is 1. The molecule has 0 amide bonds. The lowest BCUT2D eigenvalue weighted by atomic mass is 10.3. The molecular formula is C25H27N3O4. The number of aromatic nitrogens is 2. The Balaban J connectivity index is 1.43. The van der Waals surface area contributed by atoms with Crippen molar-refractivity contribution in [3.63, 3.8) is 0 Å². The third-order valence-electron chi connectivity index (χ3n) is 5.26. The maximum Gasteiger partial charge on any atom is 0.203 e. The average Bonchev–Trinajstić information content (AvgIpc) is 3.11. The molecule has 0 saturated carbocycles. The van der Waals surface area contributed by atoms with Crippen molar-refractivity contribution in [1.29, 1.82) is 5.41 Å². The molecule has 0 spiro atoms. The minimum atomic E-state index is 0.419. The smallest absolute Gasteiger partial charge is 0.203 e. The Morgan fingerprint density at radius 2 is 0.969 bits per heavy atom. The van der Waals surface area contributed by atoms with Crippen molar-refractivity contribution in [3.8, 4) is 23.0 Å². The molecule has 0 fully saturated rings. The highest BCUT2D eigenvalue weighted by atomic mass is 16.5. The Bertz CT molecular complexity index is 1120. The van der Waals surface area contributed by atoms with Gasteiger partial charge in [0.05, 0.1) is 38.3 Å². The normalized spacial score (nSPS) is 10.8. The van der Waals surface area contributed by atoms with Gasteiger partial charge in [0.15, 0.2) is 0 Å². The lowest BCUT2D eigenvalue weighted by Gasteiger charge is -2.09. The number of hydrogen-bond acceptors (Lipinski definition) is 5. The van der Waals surface area contributed by atoms with E-state index in [2.05, 4.69) is 0 Å². The van der Waals surface area contributed by atoms with Gasteiger partial charge in [-0.15, -0.1) is 0 Å². The summed E-state index contributed by atoms with van der Waals surface area (Å²) in [6.07, 6.45) is 0. The molecular weight excluding hydrogens is 406 g/mol. The quantitative estimate of drug-likeness (QED) is 0.409. The summed E-state index contributed by atoms with van der Waals surface area (Å²) in [5, 5.41) is 8.73. The summed E-state index contributed by atoms with van der Waals surface area (Å²) in [4.78, 5) is 0. The zero-order valence-electron chi connectivity index (χ0n) is 18.3. The van der Waals surface area contributed by atoms with Crippen LogP contribution < -0.4 is 24.6 Å². The molecule has 1 N–H and O–H groups in total. The molecule has 0 bridgehead atoms. The van der Waals surface area contributed by atoms with E-state index in [1.54, 1.807) is 14.2 Å². The third-order valence-corrected chi connectivity index (χ3v) is 5.26. The van der Waals surface area contributed by atoms with Gasteiger partial charge in [-0.2, -0.15) is 0 Å². The van der Waals surface area contributed by atoms with Crippen molar-refractivity contribution in [3.05, 3.63) is 78.4 Å². The number of nitrogens with one attached hydrogen (secondary N) is 1. The summed E-state index contributed by atoms with van der Waals surface area (Å²) in [5.74, 6) is 3.13. The Hall–Kier alpha value is -3.87. The number of nitrogens with zero attached hydrogens (tertiary/aromatic N) is 2. The van der Waals surface area contributed by atoms with Crippen LogP contribution in [0.3, 0.4) is 0 Å². The standard InChI is InChI=1S/C25H27N3O4/c1-29-19-7-11-21(12-8-19)31-17-15-27-23-5-3-4-6-24(23)28(25(27)26)16-18-32-22-13-9-20(30-2)10-14-22/h3-14,26H,15-18H2,1-2H3. The molecule has 0 radical (unpaired) electrons. The van der Waals surface area contributed by atoms with Gasteiger partial charge in [-0.3, -0.25) is 5.41 Å². The first-order valence-electron chi connectivity index (χ1n) is 10.5. The van der Waals surface area contributed by atoms with Gasteiger partial charge in [0.25, 0.3) is 0 Å². The molecule has 0 aliphatic rings. The van der Waals surface area contributed by atoms with E-state index in [0.29, 0.717) is 31.9 Å². The highest BCUT2D eigenvalue weighted by molar-refractivity contribution is 5.75. The predicted molar refractivity (Wildman–Crippen MR) is 123 cm³/mol. The van der Waals surface area contributed by atoms with Crippen LogP contribution in [0.4, 0.5) is 0 Å². The predicted octanol–water partition coefficient (Wildman–Crippen LogP) is 4.10. The van der Waals surface area contributed by atoms with Crippen LogP contribution in [0, 0.1) is 5.41 Å². The van der Waals surface area contributed by atoms with Crippen molar-refractivity contribution >= 4 is 11.0 Å². The number of hydrogen-bond donors (Lipinski definition) is 1. The number of imidazole rings is 1. The Kier molecular flexibility index (Phi) is 6.65. The van der Waals surface area contributed by atoms with Gasteiger partial charge in [-0.05, 0) is 60.7 Å². The highest BCUT2D eigenvalue weighted by Crippen LogP contribution is 2.19. The molecule has 0 saturated heterocycles. The molecule has 0 aliphatic heterocycles. The Labute approximate surface area is 186 Å². The first-order valence-corrected chi connectivity index (χ1v) is 10.5. The number of rotatable bonds is 10. The van der Waals surface area contributed by atoms with Crippen LogP contribution in [0.15, 0.2) is 72.8 Å². The molecule has 4 rings (SSSR count). The van der Waals surface area contributed by atoms with Gasteiger partial charge < -0.3 is 28.1 Å². The highest BCUT2D eigenvalue weighted by Gasteiger charge is 2.11. The van der Waals surface area contributed by atoms with Crippen LogP contribution in [0.5, 0.6) is 23.0 Å². The summed E-state index contributed by atoms with van der Waals surface area (Å²) in [5.41, 5.74) is 2.42. The van der Waals surface area contributed by atoms with E-state index in [9.17, 15) is 0 Å².